The molecule has 0 unspecified atom stereocenters. The van der Waals surface area contributed by atoms with E-state index in [4.69, 9.17) is 4.42 Å². The Kier molecular flexibility index (Phi) is 2.67. The molecule has 3 rings (SSSR count). The van der Waals surface area contributed by atoms with Gasteiger partial charge in [0.05, 0.1) is 6.20 Å². The number of benzene rings is 1. The first kappa shape index (κ1) is 12.0. The van der Waals surface area contributed by atoms with Crippen LogP contribution in [0.2, 0.25) is 0 Å². The summed E-state index contributed by atoms with van der Waals surface area (Å²) in [6.07, 6.45) is 1.60. The average Bonchev–Trinajstić information content (AvgIpc) is 2.76. The summed E-state index contributed by atoms with van der Waals surface area (Å²) in [4.78, 5) is 12.0. The van der Waals surface area contributed by atoms with Crippen LogP contribution in [-0.4, -0.2) is 14.9 Å². The van der Waals surface area contributed by atoms with Gasteiger partial charge in [-0.1, -0.05) is 15.9 Å². The Labute approximate surface area is 116 Å². The molecule has 1 aromatic carbocycles. The fourth-order valence-electron chi connectivity index (χ4n) is 1.87. The molecule has 0 radical (unpaired) electrons. The zero-order chi connectivity index (χ0) is 13.6. The van der Waals surface area contributed by atoms with Gasteiger partial charge in [-0.05, 0) is 24.3 Å². The van der Waals surface area contributed by atoms with E-state index in [9.17, 15) is 9.90 Å². The van der Waals surface area contributed by atoms with Crippen LogP contribution in [0.25, 0.3) is 22.4 Å². The van der Waals surface area contributed by atoms with Crippen LogP contribution in [-0.2, 0) is 7.05 Å². The Morgan fingerprint density at radius 2 is 2.00 bits per heavy atom. The molecule has 0 saturated carbocycles. The van der Waals surface area contributed by atoms with Gasteiger partial charge in [0.15, 0.2) is 16.9 Å². The van der Waals surface area contributed by atoms with Crippen molar-refractivity contribution in [3.63, 3.8) is 0 Å². The van der Waals surface area contributed by atoms with Gasteiger partial charge in [0.1, 0.15) is 0 Å². The third kappa shape index (κ3) is 1.94. The number of aromatic nitrogens is 2. The van der Waals surface area contributed by atoms with Gasteiger partial charge in [0, 0.05) is 17.1 Å². The average molecular weight is 321 g/mol. The topological polar surface area (TPSA) is 68.3 Å². The Morgan fingerprint density at radius 1 is 1.32 bits per heavy atom. The van der Waals surface area contributed by atoms with Gasteiger partial charge >= 0.3 is 0 Å². The fourth-order valence-corrected chi connectivity index (χ4v) is 2.13. The summed E-state index contributed by atoms with van der Waals surface area (Å²) < 4.78 is 7.95. The highest BCUT2D eigenvalue weighted by Gasteiger charge is 2.17. The van der Waals surface area contributed by atoms with Gasteiger partial charge in [-0.15, -0.1) is 0 Å². The van der Waals surface area contributed by atoms with E-state index >= 15 is 0 Å². The smallest absolute Gasteiger partial charge is 0.255 e. The number of hydrogen-bond donors (Lipinski definition) is 1. The van der Waals surface area contributed by atoms with Crippen molar-refractivity contribution < 1.29 is 9.52 Å². The van der Waals surface area contributed by atoms with E-state index in [1.54, 1.807) is 25.4 Å². The minimum atomic E-state index is -0.528. The monoisotopic (exact) mass is 320 g/mol. The molecular weight excluding hydrogens is 312 g/mol. The molecule has 0 fully saturated rings. The SMILES string of the molecule is Cn1cc2oc(-c3ccc(Br)cc3)c(O)c(=O)c2n1. The lowest BCUT2D eigenvalue weighted by molar-refractivity contribution is 0.449. The highest BCUT2D eigenvalue weighted by atomic mass is 79.9. The lowest BCUT2D eigenvalue weighted by atomic mass is 10.1. The highest BCUT2D eigenvalue weighted by Crippen LogP contribution is 2.30. The predicted octanol–water partition coefficient (Wildman–Crippen LogP) is 2.66. The summed E-state index contributed by atoms with van der Waals surface area (Å²) in [7, 11) is 1.69. The second kappa shape index (κ2) is 4.24. The second-order valence-electron chi connectivity index (χ2n) is 4.13. The fraction of sp³-hybridized carbons (Fsp3) is 0.0769. The van der Waals surface area contributed by atoms with Crippen LogP contribution in [0, 0.1) is 0 Å². The molecule has 1 N–H and O–H groups in total. The molecule has 2 heterocycles. The molecule has 0 spiro atoms. The summed E-state index contributed by atoms with van der Waals surface area (Å²) in [6, 6.07) is 7.12. The third-order valence-corrected chi connectivity index (χ3v) is 3.29. The Bertz CT molecular complexity index is 818. The van der Waals surface area contributed by atoms with E-state index in [0.29, 0.717) is 11.1 Å². The molecule has 96 valence electrons. The van der Waals surface area contributed by atoms with Crippen LogP contribution in [0.1, 0.15) is 0 Å². The van der Waals surface area contributed by atoms with Crippen LogP contribution in [0.3, 0.4) is 0 Å². The molecular formula is C13H9BrN2O3. The van der Waals surface area contributed by atoms with Gasteiger partial charge in [-0.25, -0.2) is 0 Å². The van der Waals surface area contributed by atoms with Crippen molar-refractivity contribution in [2.75, 3.05) is 0 Å². The molecule has 0 bridgehead atoms. The zero-order valence-electron chi connectivity index (χ0n) is 9.92. The molecule has 0 atom stereocenters. The first-order chi connectivity index (χ1) is 9.06. The molecule has 5 nitrogen and oxygen atoms in total. The van der Waals surface area contributed by atoms with Crippen LogP contribution in [0.15, 0.2) is 44.1 Å². The maximum atomic E-state index is 12.0. The van der Waals surface area contributed by atoms with Crippen molar-refractivity contribution in [1.82, 2.24) is 9.78 Å². The summed E-state index contributed by atoms with van der Waals surface area (Å²) >= 11 is 3.33. The number of aromatic hydroxyl groups is 1. The van der Waals surface area contributed by atoms with E-state index < -0.39 is 11.2 Å². The molecule has 0 aliphatic carbocycles. The summed E-state index contributed by atoms with van der Waals surface area (Å²) in [5.41, 5.74) is 0.576. The molecule has 2 aromatic heterocycles. The number of rotatable bonds is 1. The zero-order valence-corrected chi connectivity index (χ0v) is 11.5. The molecule has 0 saturated heterocycles. The number of hydrogen-bond acceptors (Lipinski definition) is 4. The van der Waals surface area contributed by atoms with Crippen LogP contribution >= 0.6 is 15.9 Å². The number of fused-ring (bicyclic) bond motifs is 1. The van der Waals surface area contributed by atoms with Gasteiger partial charge in [0.2, 0.25) is 5.75 Å². The van der Waals surface area contributed by atoms with E-state index in [1.165, 1.54) is 4.68 Å². The number of halogens is 1. The van der Waals surface area contributed by atoms with E-state index in [2.05, 4.69) is 21.0 Å². The quantitative estimate of drug-likeness (QED) is 0.748. The van der Waals surface area contributed by atoms with Crippen LogP contribution < -0.4 is 5.43 Å². The van der Waals surface area contributed by atoms with Crippen LogP contribution in [0.4, 0.5) is 0 Å². The Balaban J connectivity index is 2.32. The molecule has 0 aliphatic rings. The van der Waals surface area contributed by atoms with Gasteiger partial charge in [0.25, 0.3) is 5.43 Å². The van der Waals surface area contributed by atoms with Crippen molar-refractivity contribution in [2.45, 2.75) is 0 Å². The van der Waals surface area contributed by atoms with Crippen molar-refractivity contribution in [2.24, 2.45) is 7.05 Å². The molecule has 19 heavy (non-hydrogen) atoms. The Morgan fingerprint density at radius 3 is 2.68 bits per heavy atom. The lowest BCUT2D eigenvalue weighted by Crippen LogP contribution is -2.03. The normalized spacial score (nSPS) is 11.1. The van der Waals surface area contributed by atoms with Gasteiger partial charge in [-0.3, -0.25) is 9.48 Å². The first-order valence-corrected chi connectivity index (χ1v) is 6.31. The Hall–Kier alpha value is -2.08. The second-order valence-corrected chi connectivity index (χ2v) is 5.05. The van der Waals surface area contributed by atoms with E-state index in [-0.39, 0.29) is 11.3 Å². The molecule has 0 aliphatic heterocycles. The molecule has 3 aromatic rings. The summed E-state index contributed by atoms with van der Waals surface area (Å²) in [5, 5.41) is 13.9. The predicted molar refractivity (Wildman–Crippen MR) is 74.1 cm³/mol. The molecule has 6 heteroatoms. The van der Waals surface area contributed by atoms with Crippen molar-refractivity contribution in [1.29, 1.82) is 0 Å². The summed E-state index contributed by atoms with van der Waals surface area (Å²) in [6.45, 7) is 0. The number of aryl methyl sites for hydroxylation is 1. The minimum Gasteiger partial charge on any atom is -0.501 e. The molecule has 0 amide bonds. The lowest BCUT2D eigenvalue weighted by Gasteiger charge is -2.03. The van der Waals surface area contributed by atoms with Gasteiger partial charge < -0.3 is 9.52 Å². The highest BCUT2D eigenvalue weighted by molar-refractivity contribution is 9.10. The van der Waals surface area contributed by atoms with Crippen molar-refractivity contribution >= 4 is 27.0 Å². The van der Waals surface area contributed by atoms with Crippen molar-refractivity contribution in [3.05, 3.63) is 45.2 Å². The third-order valence-electron chi connectivity index (χ3n) is 2.76. The van der Waals surface area contributed by atoms with Crippen LogP contribution in [0.5, 0.6) is 5.75 Å². The maximum Gasteiger partial charge on any atom is 0.255 e. The van der Waals surface area contributed by atoms with E-state index in [0.717, 1.165) is 4.47 Å². The first-order valence-electron chi connectivity index (χ1n) is 5.51. The maximum absolute atomic E-state index is 12.0. The number of nitrogens with zero attached hydrogens (tertiary/aromatic N) is 2. The van der Waals surface area contributed by atoms with Crippen molar-refractivity contribution in [3.8, 4) is 17.1 Å². The van der Waals surface area contributed by atoms with Gasteiger partial charge in [-0.2, -0.15) is 5.10 Å². The van der Waals surface area contributed by atoms with E-state index in [1.807, 2.05) is 12.1 Å². The minimum absolute atomic E-state index is 0.126. The largest absolute Gasteiger partial charge is 0.501 e. The summed E-state index contributed by atoms with van der Waals surface area (Å²) in [5.74, 6) is -0.272. The standard InChI is InChI=1S/C13H9BrN2O3/c1-16-6-9-10(15-16)11(17)12(18)13(19-9)7-2-4-8(14)5-3-7/h2-6,18H,1H3.